The molecule has 0 fully saturated rings. The molecule has 0 radical (unpaired) electrons. The number of carboxylic acids is 1. The van der Waals surface area contributed by atoms with Gasteiger partial charge in [-0.25, -0.2) is 3.96 Å². The minimum absolute atomic E-state index is 0.0721. The van der Waals surface area contributed by atoms with Gasteiger partial charge in [0, 0.05) is 18.1 Å². The lowest BCUT2D eigenvalue weighted by molar-refractivity contribution is -0.141. The standard InChI is InChI=1S/C22H18F3N3O5S/c23-22(24,25)16-12-17(27-26-16)33-21(13-6-2-1-3-7-13)28-20(31)19-14(8-4-9-15(19)34-28)32-11-5-10-18(29)30/h1-4,6-9,12,21H,5,10-11H2,(H,26,27)(H,29,30). The van der Waals surface area contributed by atoms with E-state index in [1.807, 2.05) is 5.10 Å². The number of nitrogens with zero attached hydrogens (tertiary/aromatic N) is 2. The van der Waals surface area contributed by atoms with E-state index in [2.05, 4.69) is 5.10 Å². The number of benzene rings is 2. The Morgan fingerprint density at radius 3 is 2.62 bits per heavy atom. The number of ether oxygens (including phenoxy) is 2. The van der Waals surface area contributed by atoms with Crippen LogP contribution < -0.4 is 15.0 Å². The third-order valence-electron chi connectivity index (χ3n) is 4.78. The van der Waals surface area contributed by atoms with Crippen molar-refractivity contribution in [1.82, 2.24) is 14.2 Å². The molecule has 0 aliphatic rings. The highest BCUT2D eigenvalue weighted by atomic mass is 32.1. The van der Waals surface area contributed by atoms with E-state index >= 15 is 0 Å². The molecule has 0 aliphatic carbocycles. The number of nitrogens with one attached hydrogen (secondary N) is 1. The summed E-state index contributed by atoms with van der Waals surface area (Å²) in [7, 11) is 0. The van der Waals surface area contributed by atoms with Crippen LogP contribution in [-0.2, 0) is 11.0 Å². The lowest BCUT2D eigenvalue weighted by Gasteiger charge is -2.18. The molecule has 4 aromatic rings. The van der Waals surface area contributed by atoms with E-state index in [0.29, 0.717) is 10.3 Å². The smallest absolute Gasteiger partial charge is 0.432 e. The van der Waals surface area contributed by atoms with Crippen molar-refractivity contribution >= 4 is 27.6 Å². The van der Waals surface area contributed by atoms with Crippen molar-refractivity contribution in [1.29, 1.82) is 0 Å². The summed E-state index contributed by atoms with van der Waals surface area (Å²) >= 11 is 1.06. The van der Waals surface area contributed by atoms with Crippen LogP contribution in [0.2, 0.25) is 0 Å². The van der Waals surface area contributed by atoms with Crippen LogP contribution in [0.4, 0.5) is 13.2 Å². The number of fused-ring (bicyclic) bond motifs is 1. The molecule has 2 heterocycles. The van der Waals surface area contributed by atoms with Crippen molar-refractivity contribution in [3.8, 4) is 11.6 Å². The zero-order valence-corrected chi connectivity index (χ0v) is 18.2. The van der Waals surface area contributed by atoms with Gasteiger partial charge >= 0.3 is 12.1 Å². The predicted molar refractivity (Wildman–Crippen MR) is 117 cm³/mol. The van der Waals surface area contributed by atoms with Gasteiger partial charge in [-0.2, -0.15) is 13.2 Å². The largest absolute Gasteiger partial charge is 0.493 e. The number of carboxylic acid groups (broad SMARTS) is 1. The molecule has 178 valence electrons. The maximum absolute atomic E-state index is 13.4. The van der Waals surface area contributed by atoms with E-state index in [9.17, 15) is 22.8 Å². The highest BCUT2D eigenvalue weighted by Gasteiger charge is 2.34. The van der Waals surface area contributed by atoms with Crippen LogP contribution in [0.3, 0.4) is 0 Å². The average Bonchev–Trinajstić information content (AvgIpc) is 3.41. The Labute approximate surface area is 194 Å². The summed E-state index contributed by atoms with van der Waals surface area (Å²) in [5, 5.41) is 14.5. The van der Waals surface area contributed by atoms with Gasteiger partial charge in [0.05, 0.1) is 11.3 Å². The number of hydrogen-bond acceptors (Lipinski definition) is 6. The number of carbonyl (C=O) groups is 1. The Morgan fingerprint density at radius 1 is 1.18 bits per heavy atom. The first-order valence-electron chi connectivity index (χ1n) is 10.1. The second-order valence-corrected chi connectivity index (χ2v) is 8.21. The third kappa shape index (κ3) is 5.06. The van der Waals surface area contributed by atoms with Gasteiger partial charge in [0.2, 0.25) is 12.1 Å². The Morgan fingerprint density at radius 2 is 1.94 bits per heavy atom. The highest BCUT2D eigenvalue weighted by Crippen LogP contribution is 2.33. The van der Waals surface area contributed by atoms with E-state index in [4.69, 9.17) is 14.6 Å². The summed E-state index contributed by atoms with van der Waals surface area (Å²) < 4.78 is 52.2. The number of H-pyrrole nitrogens is 1. The molecule has 2 N–H and O–H groups in total. The monoisotopic (exact) mass is 493 g/mol. The first kappa shape index (κ1) is 23.4. The Balaban J connectivity index is 1.71. The van der Waals surface area contributed by atoms with Gasteiger partial charge in [0.1, 0.15) is 16.8 Å². The maximum atomic E-state index is 13.4. The number of aromatic amines is 1. The summed E-state index contributed by atoms with van der Waals surface area (Å²) in [6, 6.07) is 14.3. The van der Waals surface area contributed by atoms with E-state index in [-0.39, 0.29) is 36.5 Å². The molecule has 0 aliphatic heterocycles. The van der Waals surface area contributed by atoms with Gasteiger partial charge in [-0.15, -0.1) is 5.10 Å². The molecule has 1 atom stereocenters. The van der Waals surface area contributed by atoms with Crippen molar-refractivity contribution in [3.63, 3.8) is 0 Å². The quantitative estimate of drug-likeness (QED) is 0.328. The molecule has 2 aromatic carbocycles. The summed E-state index contributed by atoms with van der Waals surface area (Å²) in [4.78, 5) is 24.1. The normalized spacial score (nSPS) is 12.6. The SMILES string of the molecule is O=C(O)CCCOc1cccc2sn(C(Oc3cc(C(F)(F)F)[nH]n3)c3ccccc3)c(=O)c12. The van der Waals surface area contributed by atoms with Crippen molar-refractivity contribution < 1.29 is 32.5 Å². The molecule has 2 aromatic heterocycles. The molecule has 4 rings (SSSR count). The summed E-state index contributed by atoms with van der Waals surface area (Å²) in [5.74, 6) is -0.987. The van der Waals surface area contributed by atoms with Gasteiger partial charge in [-0.3, -0.25) is 14.7 Å². The van der Waals surface area contributed by atoms with Gasteiger partial charge in [0.25, 0.3) is 5.56 Å². The van der Waals surface area contributed by atoms with Crippen LogP contribution in [0, 0.1) is 0 Å². The molecular weight excluding hydrogens is 475 g/mol. The Hall–Kier alpha value is -3.80. The van der Waals surface area contributed by atoms with Crippen molar-refractivity contribution in [2.45, 2.75) is 25.2 Å². The van der Waals surface area contributed by atoms with Gasteiger partial charge in [0.15, 0.2) is 0 Å². The zero-order chi connectivity index (χ0) is 24.3. The summed E-state index contributed by atoms with van der Waals surface area (Å²) in [6.07, 6.45) is -5.52. The minimum atomic E-state index is -4.63. The summed E-state index contributed by atoms with van der Waals surface area (Å²) in [5.41, 5.74) is -1.01. The number of halogens is 3. The third-order valence-corrected chi connectivity index (χ3v) is 5.87. The second kappa shape index (κ2) is 9.59. The molecule has 0 bridgehead atoms. The van der Waals surface area contributed by atoms with Crippen molar-refractivity contribution in [2.75, 3.05) is 6.61 Å². The van der Waals surface area contributed by atoms with Gasteiger partial charge < -0.3 is 14.6 Å². The Bertz CT molecular complexity index is 1350. The fourth-order valence-electron chi connectivity index (χ4n) is 3.23. The molecular formula is C22H18F3N3O5S. The molecule has 0 spiro atoms. The van der Waals surface area contributed by atoms with Crippen LogP contribution in [0.15, 0.2) is 59.4 Å². The second-order valence-electron chi connectivity index (χ2n) is 7.20. The fourth-order valence-corrected chi connectivity index (χ4v) is 4.29. The topological polar surface area (TPSA) is 106 Å². The van der Waals surface area contributed by atoms with Crippen LogP contribution in [0.25, 0.3) is 10.1 Å². The fraction of sp³-hybridized carbons (Fsp3) is 0.227. The van der Waals surface area contributed by atoms with E-state index in [1.165, 1.54) is 3.96 Å². The lowest BCUT2D eigenvalue weighted by Crippen LogP contribution is -2.25. The molecule has 0 saturated carbocycles. The molecule has 8 nitrogen and oxygen atoms in total. The molecule has 12 heteroatoms. The van der Waals surface area contributed by atoms with Crippen LogP contribution in [0.1, 0.15) is 30.3 Å². The number of aromatic nitrogens is 3. The van der Waals surface area contributed by atoms with Crippen molar-refractivity contribution in [3.05, 3.63) is 76.2 Å². The first-order chi connectivity index (χ1) is 16.2. The number of hydrogen-bond donors (Lipinski definition) is 2. The average molecular weight is 493 g/mol. The summed E-state index contributed by atoms with van der Waals surface area (Å²) in [6.45, 7) is 0.104. The van der Waals surface area contributed by atoms with Gasteiger partial charge in [-0.05, 0) is 18.6 Å². The number of rotatable bonds is 9. The van der Waals surface area contributed by atoms with Gasteiger partial charge in [-0.1, -0.05) is 47.9 Å². The molecule has 0 saturated heterocycles. The molecule has 34 heavy (non-hydrogen) atoms. The van der Waals surface area contributed by atoms with E-state index in [1.54, 1.807) is 48.5 Å². The molecule has 1 unspecified atom stereocenters. The first-order valence-corrected chi connectivity index (χ1v) is 10.8. The van der Waals surface area contributed by atoms with E-state index < -0.39 is 29.6 Å². The van der Waals surface area contributed by atoms with Crippen molar-refractivity contribution in [2.24, 2.45) is 0 Å². The number of alkyl halides is 3. The van der Waals surface area contributed by atoms with Crippen LogP contribution in [0.5, 0.6) is 11.6 Å². The van der Waals surface area contributed by atoms with E-state index in [0.717, 1.165) is 17.6 Å². The predicted octanol–water partition coefficient (Wildman–Crippen LogP) is 4.67. The molecule has 0 amide bonds. The van der Waals surface area contributed by atoms with Crippen LogP contribution >= 0.6 is 11.5 Å². The number of aliphatic carboxylic acids is 1. The van der Waals surface area contributed by atoms with Crippen LogP contribution in [-0.4, -0.2) is 31.8 Å². The lowest BCUT2D eigenvalue weighted by atomic mass is 10.2. The highest BCUT2D eigenvalue weighted by molar-refractivity contribution is 7.14. The minimum Gasteiger partial charge on any atom is -0.493 e. The zero-order valence-electron chi connectivity index (χ0n) is 17.4. The maximum Gasteiger partial charge on any atom is 0.432 e. The Kier molecular flexibility index (Phi) is 6.59.